The Balaban J connectivity index is 4.52. The number of hydrogen-bond acceptors (Lipinski definition) is 7. The first-order chi connectivity index (χ1) is 36.8. The summed E-state index contributed by atoms with van der Waals surface area (Å²) in [7, 11) is 0. The highest BCUT2D eigenvalue weighted by Gasteiger charge is 2.23. The largest absolute Gasteiger partial charge is 0.480 e. The summed E-state index contributed by atoms with van der Waals surface area (Å²) in [6.07, 6.45) is 65.7. The molecule has 0 aromatic carbocycles. The number of carbonyl (C=O) groups is 4. The molecular formula is C66H127NO7S. The molecule has 0 aliphatic carbocycles. The molecule has 9 heteroatoms. The number of hydrogen-bond donors (Lipinski definition) is 2. The summed E-state index contributed by atoms with van der Waals surface area (Å²) in [5, 5.41) is 12.7. The highest BCUT2D eigenvalue weighted by molar-refractivity contribution is 7.99. The molecule has 2 N–H and O–H groups in total. The first-order valence-electron chi connectivity index (χ1n) is 33.3. The predicted octanol–water partition coefficient (Wildman–Crippen LogP) is 20.9. The number of ether oxygens (including phenoxy) is 2. The van der Waals surface area contributed by atoms with Crippen LogP contribution in [-0.2, 0) is 28.7 Å². The SMILES string of the molecule is CCCCCCCCCCCCCCCCCCCCCC(=O)OC[C@H](CSC[C@H](NC(=O)CCCCCCCCCCCCCCC)C(=O)O)OC(=O)CCCCCCCCCCCCCCCCCCCCC. The van der Waals surface area contributed by atoms with Gasteiger partial charge in [-0.2, -0.15) is 11.8 Å². The van der Waals surface area contributed by atoms with E-state index in [1.807, 2.05) is 0 Å². The fraction of sp³-hybridized carbons (Fsp3) is 0.939. The smallest absolute Gasteiger partial charge is 0.327 e. The van der Waals surface area contributed by atoms with Crippen molar-refractivity contribution in [2.75, 3.05) is 18.1 Å². The minimum Gasteiger partial charge on any atom is -0.480 e. The quantitative estimate of drug-likeness (QED) is 0.0457. The van der Waals surface area contributed by atoms with Gasteiger partial charge in [-0.05, 0) is 19.3 Å². The molecule has 0 bridgehead atoms. The van der Waals surface area contributed by atoms with Crippen LogP contribution in [0, 0.1) is 0 Å². The van der Waals surface area contributed by atoms with E-state index in [2.05, 4.69) is 26.1 Å². The summed E-state index contributed by atoms with van der Waals surface area (Å²) in [5.41, 5.74) is 0. The topological polar surface area (TPSA) is 119 Å². The van der Waals surface area contributed by atoms with Crippen molar-refractivity contribution >= 4 is 35.6 Å². The average molecular weight is 1080 g/mol. The molecule has 2 atom stereocenters. The zero-order chi connectivity index (χ0) is 54.6. The molecule has 75 heavy (non-hydrogen) atoms. The molecule has 0 aromatic heterocycles. The predicted molar refractivity (Wildman–Crippen MR) is 324 cm³/mol. The summed E-state index contributed by atoms with van der Waals surface area (Å²) < 4.78 is 11.5. The van der Waals surface area contributed by atoms with Gasteiger partial charge in [-0.25, -0.2) is 4.79 Å². The third-order valence-electron chi connectivity index (χ3n) is 15.4. The van der Waals surface area contributed by atoms with E-state index in [1.54, 1.807) is 0 Å². The molecule has 0 unspecified atom stereocenters. The number of rotatable bonds is 63. The lowest BCUT2D eigenvalue weighted by atomic mass is 10.0. The van der Waals surface area contributed by atoms with Gasteiger partial charge in [0.25, 0.3) is 0 Å². The van der Waals surface area contributed by atoms with E-state index in [0.29, 0.717) is 19.3 Å². The van der Waals surface area contributed by atoms with Crippen LogP contribution >= 0.6 is 11.8 Å². The van der Waals surface area contributed by atoms with E-state index >= 15 is 0 Å². The maximum atomic E-state index is 13.0. The molecule has 0 radical (unpaired) electrons. The summed E-state index contributed by atoms with van der Waals surface area (Å²) >= 11 is 1.31. The summed E-state index contributed by atoms with van der Waals surface area (Å²) in [5.74, 6) is -1.47. The second-order valence-electron chi connectivity index (χ2n) is 23.0. The van der Waals surface area contributed by atoms with Crippen LogP contribution < -0.4 is 5.32 Å². The van der Waals surface area contributed by atoms with Crippen molar-refractivity contribution in [3.8, 4) is 0 Å². The first-order valence-corrected chi connectivity index (χ1v) is 34.4. The first kappa shape index (κ1) is 73.2. The Hall–Kier alpha value is -1.77. The van der Waals surface area contributed by atoms with Gasteiger partial charge in [-0.3, -0.25) is 14.4 Å². The van der Waals surface area contributed by atoms with Crippen molar-refractivity contribution in [2.24, 2.45) is 0 Å². The summed E-state index contributed by atoms with van der Waals surface area (Å²) in [6, 6.07) is -1.04. The maximum Gasteiger partial charge on any atom is 0.327 e. The molecule has 0 aliphatic rings. The molecule has 1 amide bonds. The third-order valence-corrected chi connectivity index (χ3v) is 16.6. The van der Waals surface area contributed by atoms with Crippen LogP contribution in [-0.4, -0.2) is 59.2 Å². The van der Waals surface area contributed by atoms with Gasteiger partial charge in [0.1, 0.15) is 18.8 Å². The number of carboxylic acid groups (broad SMARTS) is 1. The molecule has 0 rings (SSSR count). The normalized spacial score (nSPS) is 12.3. The van der Waals surface area contributed by atoms with Gasteiger partial charge in [0.2, 0.25) is 5.91 Å². The summed E-state index contributed by atoms with van der Waals surface area (Å²) in [6.45, 7) is 6.78. The Labute approximate surface area is 470 Å². The fourth-order valence-electron chi connectivity index (χ4n) is 10.4. The number of amides is 1. The van der Waals surface area contributed by atoms with Crippen molar-refractivity contribution in [2.45, 2.75) is 380 Å². The number of carbonyl (C=O) groups excluding carboxylic acids is 3. The van der Waals surface area contributed by atoms with Crippen molar-refractivity contribution in [3.05, 3.63) is 0 Å². The molecular weight excluding hydrogens is 951 g/mol. The van der Waals surface area contributed by atoms with E-state index in [-0.39, 0.29) is 36.0 Å². The highest BCUT2D eigenvalue weighted by Crippen LogP contribution is 2.19. The highest BCUT2D eigenvalue weighted by atomic mass is 32.2. The fourth-order valence-corrected chi connectivity index (χ4v) is 11.4. The van der Waals surface area contributed by atoms with E-state index in [9.17, 15) is 24.3 Å². The minimum atomic E-state index is -1.08. The van der Waals surface area contributed by atoms with Crippen LogP contribution in [0.25, 0.3) is 0 Å². The van der Waals surface area contributed by atoms with Crippen LogP contribution in [0.1, 0.15) is 367 Å². The van der Waals surface area contributed by atoms with Gasteiger partial charge in [0.15, 0.2) is 0 Å². The zero-order valence-corrected chi connectivity index (χ0v) is 51.1. The van der Waals surface area contributed by atoms with E-state index in [1.165, 1.54) is 281 Å². The second-order valence-corrected chi connectivity index (χ2v) is 24.1. The molecule has 0 saturated heterocycles. The van der Waals surface area contributed by atoms with Crippen LogP contribution in [0.2, 0.25) is 0 Å². The van der Waals surface area contributed by atoms with Gasteiger partial charge >= 0.3 is 17.9 Å². The Morgan fingerprint density at radius 2 is 0.600 bits per heavy atom. The van der Waals surface area contributed by atoms with Gasteiger partial charge < -0.3 is 19.9 Å². The Morgan fingerprint density at radius 1 is 0.347 bits per heavy atom. The maximum absolute atomic E-state index is 13.0. The van der Waals surface area contributed by atoms with E-state index in [0.717, 1.165) is 57.8 Å². The number of aliphatic carboxylic acids is 1. The molecule has 0 aromatic rings. The number of nitrogens with one attached hydrogen (secondary N) is 1. The molecule has 0 saturated carbocycles. The van der Waals surface area contributed by atoms with Crippen molar-refractivity contribution < 1.29 is 33.8 Å². The third kappa shape index (κ3) is 58.2. The molecule has 0 heterocycles. The Bertz CT molecular complexity index is 1220. The van der Waals surface area contributed by atoms with Crippen LogP contribution in [0.15, 0.2) is 0 Å². The number of esters is 2. The van der Waals surface area contributed by atoms with Gasteiger partial charge in [0.05, 0.1) is 0 Å². The van der Waals surface area contributed by atoms with Gasteiger partial charge in [0, 0.05) is 30.8 Å². The van der Waals surface area contributed by atoms with Crippen molar-refractivity contribution in [3.63, 3.8) is 0 Å². The average Bonchev–Trinajstić information content (AvgIpc) is 3.40. The van der Waals surface area contributed by atoms with Crippen LogP contribution in [0.3, 0.4) is 0 Å². The van der Waals surface area contributed by atoms with E-state index < -0.39 is 18.1 Å². The Kier molecular flexibility index (Phi) is 60.0. The molecule has 444 valence electrons. The van der Waals surface area contributed by atoms with Crippen LogP contribution in [0.5, 0.6) is 0 Å². The van der Waals surface area contributed by atoms with Crippen molar-refractivity contribution in [1.29, 1.82) is 0 Å². The minimum absolute atomic E-state index is 0.0426. The Morgan fingerprint density at radius 3 is 0.880 bits per heavy atom. The number of carboxylic acids is 1. The lowest BCUT2D eigenvalue weighted by Crippen LogP contribution is -2.42. The monoisotopic (exact) mass is 1080 g/mol. The van der Waals surface area contributed by atoms with E-state index in [4.69, 9.17) is 9.47 Å². The standard InChI is InChI=1S/C66H127NO7S/c1-4-7-10-13-16-19-22-25-27-29-31-33-35-38-41-44-47-50-53-56-64(69)73-58-61(74-65(70)57-54-51-48-45-42-39-36-34-32-30-28-26-23-20-17-14-11-8-5-2)59-75-60-62(66(71)72)67-63(68)55-52-49-46-43-40-37-24-21-18-15-12-9-6-3/h61-62H,4-60H2,1-3H3,(H,67,68)(H,71,72)/t61-,62+/m1/s1. The van der Waals surface area contributed by atoms with Gasteiger partial charge in [-0.1, -0.05) is 329 Å². The van der Waals surface area contributed by atoms with Crippen molar-refractivity contribution in [1.82, 2.24) is 5.32 Å². The zero-order valence-electron chi connectivity index (χ0n) is 50.3. The van der Waals surface area contributed by atoms with Gasteiger partial charge in [-0.15, -0.1) is 0 Å². The van der Waals surface area contributed by atoms with Crippen LogP contribution in [0.4, 0.5) is 0 Å². The lowest BCUT2D eigenvalue weighted by molar-refractivity contribution is -0.157. The lowest BCUT2D eigenvalue weighted by Gasteiger charge is -2.19. The molecule has 0 aliphatic heterocycles. The summed E-state index contributed by atoms with van der Waals surface area (Å²) in [4.78, 5) is 50.8. The molecule has 8 nitrogen and oxygen atoms in total. The number of thioether (sulfide) groups is 1. The number of unbranched alkanes of at least 4 members (excludes halogenated alkanes) is 48. The molecule has 0 spiro atoms. The second kappa shape index (κ2) is 61.4. The molecule has 0 fully saturated rings.